The number of carbonyl (C=O) groups excluding carboxylic acids is 2. The van der Waals surface area contributed by atoms with Crippen LogP contribution in [0.2, 0.25) is 0 Å². The van der Waals surface area contributed by atoms with Crippen LogP contribution in [0.1, 0.15) is 50.3 Å². The van der Waals surface area contributed by atoms with Crippen LogP contribution in [-0.2, 0) is 14.3 Å². The van der Waals surface area contributed by atoms with E-state index in [1.54, 1.807) is 0 Å². The Balaban J connectivity index is 1.37. The lowest BCUT2D eigenvalue weighted by Crippen LogP contribution is -2.33. The van der Waals surface area contributed by atoms with Gasteiger partial charge in [0.25, 0.3) is 0 Å². The van der Waals surface area contributed by atoms with Gasteiger partial charge in [0.15, 0.2) is 0 Å². The van der Waals surface area contributed by atoms with Crippen molar-refractivity contribution >= 4 is 28.4 Å². The van der Waals surface area contributed by atoms with Gasteiger partial charge in [-0.1, -0.05) is 0 Å². The molecule has 2 bridgehead atoms. The zero-order chi connectivity index (χ0) is 15.8. The van der Waals surface area contributed by atoms with E-state index in [1.165, 1.54) is 11.5 Å². The number of nitrogens with one attached hydrogen (secondary N) is 1. The van der Waals surface area contributed by atoms with Gasteiger partial charge in [-0.2, -0.15) is 4.37 Å². The van der Waals surface area contributed by atoms with E-state index in [4.69, 9.17) is 4.74 Å². The topological polar surface area (TPSA) is 81.2 Å². The van der Waals surface area contributed by atoms with Crippen LogP contribution in [0.4, 0.5) is 5.13 Å². The standard InChI is InChI=1S/C16H21N3O3S/c20-13-10-1-2-11(13)8-12(7-10)15(21)18-16-17-14(19-23-16)9-3-5-22-6-4-9/h9-12H,1-8H2,(H,17,18,19,21)/t10-,11+,12?. The number of rotatable bonds is 3. The number of hydrogen-bond acceptors (Lipinski definition) is 6. The van der Waals surface area contributed by atoms with Crippen LogP contribution in [-0.4, -0.2) is 34.3 Å². The molecular weight excluding hydrogens is 314 g/mol. The lowest BCUT2D eigenvalue weighted by Gasteiger charge is -2.25. The Kier molecular flexibility index (Phi) is 4.15. The van der Waals surface area contributed by atoms with Gasteiger partial charge in [-0.15, -0.1) is 0 Å². The van der Waals surface area contributed by atoms with Crippen LogP contribution in [0, 0.1) is 17.8 Å². The van der Waals surface area contributed by atoms with Crippen LogP contribution in [0.25, 0.3) is 0 Å². The quantitative estimate of drug-likeness (QED) is 0.917. The fourth-order valence-corrected chi connectivity index (χ4v) is 4.75. The first kappa shape index (κ1) is 15.2. The lowest BCUT2D eigenvalue weighted by atomic mass is 9.79. The summed E-state index contributed by atoms with van der Waals surface area (Å²) in [5, 5.41) is 3.50. The molecule has 7 heteroatoms. The lowest BCUT2D eigenvalue weighted by molar-refractivity contribution is -0.130. The Hall–Kier alpha value is -1.34. The van der Waals surface area contributed by atoms with E-state index in [-0.39, 0.29) is 23.7 Å². The molecule has 0 radical (unpaired) electrons. The Bertz CT molecular complexity index is 595. The van der Waals surface area contributed by atoms with Crippen molar-refractivity contribution in [2.24, 2.45) is 17.8 Å². The number of fused-ring (bicyclic) bond motifs is 2. The zero-order valence-electron chi connectivity index (χ0n) is 13.0. The molecule has 2 aliphatic carbocycles. The molecular formula is C16H21N3O3S. The van der Waals surface area contributed by atoms with Gasteiger partial charge >= 0.3 is 0 Å². The molecule has 23 heavy (non-hydrogen) atoms. The molecule has 0 spiro atoms. The molecule has 1 unspecified atom stereocenters. The molecule has 1 aliphatic heterocycles. The summed E-state index contributed by atoms with van der Waals surface area (Å²) in [6, 6.07) is 0. The summed E-state index contributed by atoms with van der Waals surface area (Å²) in [6.45, 7) is 1.51. The van der Waals surface area contributed by atoms with Crippen molar-refractivity contribution in [1.82, 2.24) is 9.36 Å². The highest BCUT2D eigenvalue weighted by Gasteiger charge is 2.43. The Morgan fingerprint density at radius 1 is 1.09 bits per heavy atom. The third-order valence-electron chi connectivity index (χ3n) is 5.44. The normalized spacial score (nSPS) is 31.3. The minimum atomic E-state index is -0.0550. The molecule has 1 aromatic rings. The monoisotopic (exact) mass is 335 g/mol. The van der Waals surface area contributed by atoms with Crippen molar-refractivity contribution in [3.05, 3.63) is 5.82 Å². The predicted molar refractivity (Wildman–Crippen MR) is 85.3 cm³/mol. The highest BCUT2D eigenvalue weighted by molar-refractivity contribution is 7.09. The maximum atomic E-state index is 12.5. The van der Waals surface area contributed by atoms with E-state index in [1.807, 2.05) is 0 Å². The number of amides is 1. The number of ketones is 1. The molecule has 3 aliphatic rings. The Morgan fingerprint density at radius 2 is 1.78 bits per heavy atom. The number of anilines is 1. The largest absolute Gasteiger partial charge is 0.381 e. The first-order chi connectivity index (χ1) is 11.2. The van der Waals surface area contributed by atoms with E-state index in [9.17, 15) is 9.59 Å². The summed E-state index contributed by atoms with van der Waals surface area (Å²) >= 11 is 1.25. The Labute approximate surface area is 139 Å². The van der Waals surface area contributed by atoms with Crippen LogP contribution >= 0.6 is 11.5 Å². The smallest absolute Gasteiger partial charge is 0.229 e. The number of aromatic nitrogens is 2. The van der Waals surface area contributed by atoms with Gasteiger partial charge in [0.05, 0.1) is 0 Å². The summed E-state index contributed by atoms with van der Waals surface area (Å²) in [5.41, 5.74) is 0. The van der Waals surface area contributed by atoms with E-state index in [0.717, 1.165) is 44.7 Å². The van der Waals surface area contributed by atoms with Gasteiger partial charge in [0, 0.05) is 48.4 Å². The molecule has 3 fully saturated rings. The number of hydrogen-bond donors (Lipinski definition) is 1. The summed E-state index contributed by atoms with van der Waals surface area (Å²) < 4.78 is 9.76. The van der Waals surface area contributed by atoms with Crippen molar-refractivity contribution in [3.8, 4) is 0 Å². The predicted octanol–water partition coefficient (Wildman–Crippen LogP) is 2.38. The molecule has 4 rings (SSSR count). The van der Waals surface area contributed by atoms with Gasteiger partial charge in [0.2, 0.25) is 11.0 Å². The van der Waals surface area contributed by atoms with E-state index >= 15 is 0 Å². The average Bonchev–Trinajstić information content (AvgIpc) is 3.09. The van der Waals surface area contributed by atoms with Gasteiger partial charge in [0.1, 0.15) is 11.6 Å². The Morgan fingerprint density at radius 3 is 2.48 bits per heavy atom. The van der Waals surface area contributed by atoms with Crippen molar-refractivity contribution in [3.63, 3.8) is 0 Å². The fraction of sp³-hybridized carbons (Fsp3) is 0.750. The molecule has 1 amide bonds. The van der Waals surface area contributed by atoms with Gasteiger partial charge in [-0.3, -0.25) is 9.59 Å². The molecule has 0 aromatic carbocycles. The summed E-state index contributed by atoms with van der Waals surface area (Å²) in [4.78, 5) is 28.9. The second-order valence-corrected chi connectivity index (χ2v) is 7.63. The highest BCUT2D eigenvalue weighted by Crippen LogP contribution is 2.42. The van der Waals surface area contributed by atoms with Crippen molar-refractivity contribution in [1.29, 1.82) is 0 Å². The van der Waals surface area contributed by atoms with Crippen molar-refractivity contribution < 1.29 is 14.3 Å². The summed E-state index contributed by atoms with van der Waals surface area (Å²) in [7, 11) is 0. The number of nitrogens with zero attached hydrogens (tertiary/aromatic N) is 2. The molecule has 2 heterocycles. The van der Waals surface area contributed by atoms with E-state index in [0.29, 0.717) is 29.7 Å². The van der Waals surface area contributed by atoms with Gasteiger partial charge < -0.3 is 10.1 Å². The maximum absolute atomic E-state index is 12.5. The van der Waals surface area contributed by atoms with Crippen LogP contribution in [0.15, 0.2) is 0 Å². The molecule has 3 atom stereocenters. The molecule has 6 nitrogen and oxygen atoms in total. The van der Waals surface area contributed by atoms with Crippen molar-refractivity contribution in [2.45, 2.75) is 44.4 Å². The second kappa shape index (κ2) is 6.28. The maximum Gasteiger partial charge on any atom is 0.229 e. The van der Waals surface area contributed by atoms with E-state index in [2.05, 4.69) is 14.7 Å². The van der Waals surface area contributed by atoms with Crippen LogP contribution < -0.4 is 5.32 Å². The van der Waals surface area contributed by atoms with E-state index < -0.39 is 0 Å². The van der Waals surface area contributed by atoms with Crippen LogP contribution in [0.3, 0.4) is 0 Å². The third kappa shape index (κ3) is 3.04. The molecule has 2 saturated carbocycles. The first-order valence-electron chi connectivity index (χ1n) is 8.46. The van der Waals surface area contributed by atoms with Crippen LogP contribution in [0.5, 0.6) is 0 Å². The molecule has 1 saturated heterocycles. The third-order valence-corrected chi connectivity index (χ3v) is 6.08. The molecule has 124 valence electrons. The fourth-order valence-electron chi connectivity index (χ4n) is 4.10. The average molecular weight is 335 g/mol. The minimum Gasteiger partial charge on any atom is -0.381 e. The molecule has 1 aromatic heterocycles. The second-order valence-electron chi connectivity index (χ2n) is 6.88. The minimum absolute atomic E-state index is 0.00378. The van der Waals surface area contributed by atoms with Gasteiger partial charge in [-0.05, 0) is 38.5 Å². The number of carbonyl (C=O) groups is 2. The van der Waals surface area contributed by atoms with Gasteiger partial charge in [-0.25, -0.2) is 4.98 Å². The molecule has 1 N–H and O–H groups in total. The number of Topliss-reactive ketones (excluding diaryl/α,β-unsaturated/α-hetero) is 1. The first-order valence-corrected chi connectivity index (χ1v) is 9.24. The van der Waals surface area contributed by atoms with Crippen molar-refractivity contribution in [2.75, 3.05) is 18.5 Å². The SMILES string of the molecule is O=C(Nc1nc(C2CCOCC2)ns1)C1C[C@H]2CC[C@@H](C1)C2=O. The highest BCUT2D eigenvalue weighted by atomic mass is 32.1. The zero-order valence-corrected chi connectivity index (χ0v) is 13.8. The summed E-state index contributed by atoms with van der Waals surface area (Å²) in [6.07, 6.45) is 5.20. The summed E-state index contributed by atoms with van der Waals surface area (Å²) in [5.74, 6) is 1.71. The number of ether oxygens (including phenoxy) is 1.